The second-order valence-corrected chi connectivity index (χ2v) is 10.5. The van der Waals surface area contributed by atoms with Gasteiger partial charge in [0.2, 0.25) is 0 Å². The van der Waals surface area contributed by atoms with E-state index in [1.807, 2.05) is 32.9 Å². The van der Waals surface area contributed by atoms with Gasteiger partial charge in [-0.2, -0.15) is 8.78 Å². The lowest BCUT2D eigenvalue weighted by molar-refractivity contribution is -0.122. The van der Waals surface area contributed by atoms with Gasteiger partial charge in [0, 0.05) is 23.9 Å². The molecule has 0 spiro atoms. The van der Waals surface area contributed by atoms with Crippen molar-refractivity contribution in [1.29, 1.82) is 0 Å². The van der Waals surface area contributed by atoms with Gasteiger partial charge in [0.1, 0.15) is 11.5 Å². The number of carbonyl (C=O) groups excluding carboxylic acids is 1. The third-order valence-corrected chi connectivity index (χ3v) is 7.92. The first-order valence-corrected chi connectivity index (χ1v) is 14.3. The van der Waals surface area contributed by atoms with Gasteiger partial charge in [0.05, 0.1) is 12.6 Å². The van der Waals surface area contributed by atoms with Crippen molar-refractivity contribution in [2.45, 2.75) is 85.2 Å². The molecule has 0 saturated heterocycles. The number of ketones is 1. The third kappa shape index (κ3) is 8.06. The van der Waals surface area contributed by atoms with Gasteiger partial charge in [0.15, 0.2) is 0 Å². The Morgan fingerprint density at radius 1 is 1.26 bits per heavy atom. The first-order chi connectivity index (χ1) is 18.8. The first-order valence-electron chi connectivity index (χ1n) is 14.3. The number of Topliss-reactive ketones (excluding diaryl/α,β-unsaturated/α-hetero) is 1. The maximum atomic E-state index is 13.5. The molecular weight excluding hydrogens is 499 g/mol. The lowest BCUT2D eigenvalue weighted by Crippen LogP contribution is -2.20. The Kier molecular flexibility index (Phi) is 11.8. The van der Waals surface area contributed by atoms with Crippen molar-refractivity contribution in [2.75, 3.05) is 6.67 Å². The molecule has 2 atom stereocenters. The number of hydrogen-bond donors (Lipinski definition) is 0. The van der Waals surface area contributed by atoms with Gasteiger partial charge in [-0.15, -0.1) is 6.58 Å². The Morgan fingerprint density at radius 2 is 2.03 bits per heavy atom. The van der Waals surface area contributed by atoms with Crippen molar-refractivity contribution in [3.8, 4) is 5.75 Å². The third-order valence-electron chi connectivity index (χ3n) is 7.92. The molecule has 0 aliphatic heterocycles. The van der Waals surface area contributed by atoms with E-state index in [1.54, 1.807) is 24.4 Å². The normalized spacial score (nSPS) is 19.8. The average molecular weight is 542 g/mol. The first kappa shape index (κ1) is 30.6. The number of allylic oxidation sites excluding steroid dienone is 7. The molecule has 1 aromatic rings. The predicted molar refractivity (Wildman–Crippen MR) is 154 cm³/mol. The van der Waals surface area contributed by atoms with Gasteiger partial charge < -0.3 is 4.74 Å². The molecule has 39 heavy (non-hydrogen) atoms. The van der Waals surface area contributed by atoms with Gasteiger partial charge in [-0.25, -0.2) is 0 Å². The number of nitrogens with zero attached hydrogens (tertiary/aromatic N) is 1. The number of benzene rings is 1. The minimum atomic E-state index is -2.87. The minimum Gasteiger partial charge on any atom is -0.435 e. The summed E-state index contributed by atoms with van der Waals surface area (Å²) >= 11 is 0. The SMILES string of the molecule is C=CCCC(CF)CC(=O)C(C=N/C(CC)=C1\C=C(C2CCC2)Cc2cc(OC(F)F)ccc2\C1=C\C)CC. The van der Waals surface area contributed by atoms with Gasteiger partial charge >= 0.3 is 6.61 Å². The molecule has 2 aliphatic rings. The summed E-state index contributed by atoms with van der Waals surface area (Å²) in [4.78, 5) is 17.9. The van der Waals surface area contributed by atoms with Crippen molar-refractivity contribution >= 4 is 17.6 Å². The quantitative estimate of drug-likeness (QED) is 0.174. The van der Waals surface area contributed by atoms with Crippen LogP contribution >= 0.6 is 0 Å². The van der Waals surface area contributed by atoms with Crippen molar-refractivity contribution < 1.29 is 22.7 Å². The highest BCUT2D eigenvalue weighted by atomic mass is 19.3. The predicted octanol–water partition coefficient (Wildman–Crippen LogP) is 9.25. The van der Waals surface area contributed by atoms with Crippen LogP contribution in [0, 0.1) is 17.8 Å². The fourth-order valence-corrected chi connectivity index (χ4v) is 5.40. The molecular formula is C33H42F3NO2. The van der Waals surface area contributed by atoms with Crippen LogP contribution in [0.5, 0.6) is 5.75 Å². The highest BCUT2D eigenvalue weighted by Crippen LogP contribution is 2.43. The topological polar surface area (TPSA) is 38.7 Å². The number of ether oxygens (including phenoxy) is 1. The molecule has 0 amide bonds. The van der Waals surface area contributed by atoms with Crippen LogP contribution in [0.25, 0.3) is 5.57 Å². The van der Waals surface area contributed by atoms with E-state index in [9.17, 15) is 18.0 Å². The van der Waals surface area contributed by atoms with Crippen LogP contribution in [-0.2, 0) is 11.2 Å². The summed E-state index contributed by atoms with van der Waals surface area (Å²) < 4.78 is 44.1. The summed E-state index contributed by atoms with van der Waals surface area (Å²) in [5.41, 5.74) is 6.11. The van der Waals surface area contributed by atoms with E-state index in [-0.39, 0.29) is 29.8 Å². The molecule has 212 valence electrons. The van der Waals surface area contributed by atoms with Gasteiger partial charge in [-0.3, -0.25) is 14.2 Å². The van der Waals surface area contributed by atoms with E-state index < -0.39 is 13.3 Å². The average Bonchev–Trinajstić information content (AvgIpc) is 3.03. The van der Waals surface area contributed by atoms with Crippen molar-refractivity contribution in [3.63, 3.8) is 0 Å². The molecule has 1 saturated carbocycles. The second-order valence-electron chi connectivity index (χ2n) is 10.5. The monoisotopic (exact) mass is 541 g/mol. The standard InChI is InChI=1S/C33H42F3NO2/c1-5-9-11-22(20-34)16-32(38)23(6-2)21-37-31(8-4)30-19-25(24-12-10-13-24)17-26-18-27(39-33(35)36)14-15-29(26)28(30)7-3/h5,7,14-15,18-19,21-24,33H,1,6,8-13,16-17,20H2,2-4H3/b28-7-,31-30+,37-21?. The second kappa shape index (κ2) is 15.0. The zero-order valence-electron chi connectivity index (χ0n) is 23.5. The Balaban J connectivity index is 1.99. The van der Waals surface area contributed by atoms with E-state index in [0.717, 1.165) is 40.8 Å². The summed E-state index contributed by atoms with van der Waals surface area (Å²) in [7, 11) is 0. The maximum Gasteiger partial charge on any atom is 0.387 e. The molecule has 0 heterocycles. The van der Waals surface area contributed by atoms with Crippen LogP contribution in [0.4, 0.5) is 13.2 Å². The lowest BCUT2D eigenvalue weighted by Gasteiger charge is -2.28. The van der Waals surface area contributed by atoms with Crippen LogP contribution in [-0.4, -0.2) is 25.3 Å². The lowest BCUT2D eigenvalue weighted by atomic mass is 9.77. The Bertz CT molecular complexity index is 1130. The fourth-order valence-electron chi connectivity index (χ4n) is 5.40. The van der Waals surface area contributed by atoms with Crippen LogP contribution in [0.1, 0.15) is 83.3 Å². The largest absolute Gasteiger partial charge is 0.435 e. The number of carbonyl (C=O) groups is 1. The van der Waals surface area contributed by atoms with E-state index in [1.165, 1.54) is 12.0 Å². The zero-order valence-corrected chi connectivity index (χ0v) is 23.5. The fraction of sp³-hybridized carbons (Fsp3) is 0.515. The maximum absolute atomic E-state index is 13.5. The van der Waals surface area contributed by atoms with E-state index in [2.05, 4.69) is 12.7 Å². The van der Waals surface area contributed by atoms with Crippen molar-refractivity contribution in [1.82, 2.24) is 0 Å². The molecule has 3 nitrogen and oxygen atoms in total. The molecule has 2 aliphatic carbocycles. The number of alkyl halides is 3. The summed E-state index contributed by atoms with van der Waals surface area (Å²) in [6.45, 7) is 6.28. The number of hydrogen-bond acceptors (Lipinski definition) is 3. The molecule has 2 unspecified atom stereocenters. The number of rotatable bonds is 14. The number of aliphatic imine (C=N–C) groups is 1. The Morgan fingerprint density at radius 3 is 2.59 bits per heavy atom. The molecule has 1 aromatic carbocycles. The molecule has 3 rings (SSSR count). The van der Waals surface area contributed by atoms with Gasteiger partial charge in [0.25, 0.3) is 0 Å². The highest BCUT2D eigenvalue weighted by Gasteiger charge is 2.27. The van der Waals surface area contributed by atoms with Gasteiger partial charge in [-0.1, -0.05) is 50.1 Å². The van der Waals surface area contributed by atoms with E-state index >= 15 is 0 Å². The van der Waals surface area contributed by atoms with Gasteiger partial charge in [-0.05, 0) is 92.5 Å². The van der Waals surface area contributed by atoms with E-state index in [4.69, 9.17) is 9.73 Å². The Labute approximate surface area is 231 Å². The van der Waals surface area contributed by atoms with Crippen molar-refractivity contribution in [2.24, 2.45) is 22.7 Å². The summed E-state index contributed by atoms with van der Waals surface area (Å²) in [5, 5.41) is 0. The highest BCUT2D eigenvalue weighted by molar-refractivity contribution is 5.95. The van der Waals surface area contributed by atoms with Crippen LogP contribution in [0.2, 0.25) is 0 Å². The molecule has 0 N–H and O–H groups in total. The Hall–Kier alpha value is -2.89. The molecule has 0 aromatic heterocycles. The summed E-state index contributed by atoms with van der Waals surface area (Å²) in [5.74, 6) is -0.0209. The number of fused-ring (bicyclic) bond motifs is 1. The molecule has 0 bridgehead atoms. The molecule has 0 radical (unpaired) electrons. The number of halogens is 3. The zero-order chi connectivity index (χ0) is 28.4. The molecule has 1 fully saturated rings. The van der Waals surface area contributed by atoms with Crippen LogP contribution in [0.3, 0.4) is 0 Å². The van der Waals surface area contributed by atoms with Crippen LogP contribution in [0.15, 0.2) is 64.8 Å². The summed E-state index contributed by atoms with van der Waals surface area (Å²) in [6.07, 6.45) is 14.6. The van der Waals surface area contributed by atoms with Crippen molar-refractivity contribution in [3.05, 3.63) is 71.0 Å². The van der Waals surface area contributed by atoms with E-state index in [0.29, 0.717) is 38.0 Å². The summed E-state index contributed by atoms with van der Waals surface area (Å²) in [6, 6.07) is 5.18. The molecule has 6 heteroatoms. The minimum absolute atomic E-state index is 0.0168. The van der Waals surface area contributed by atoms with Crippen LogP contribution < -0.4 is 4.74 Å². The smallest absolute Gasteiger partial charge is 0.387 e.